The van der Waals surface area contributed by atoms with Crippen LogP contribution in [0.15, 0.2) is 24.3 Å². The van der Waals surface area contributed by atoms with Crippen molar-refractivity contribution in [2.24, 2.45) is 5.73 Å². The van der Waals surface area contributed by atoms with Gasteiger partial charge in [0.1, 0.15) is 0 Å². The van der Waals surface area contributed by atoms with Crippen LogP contribution in [0.2, 0.25) is 0 Å². The summed E-state index contributed by atoms with van der Waals surface area (Å²) in [5.74, 6) is -1.10. The minimum atomic E-state index is -0.589. The quantitative estimate of drug-likeness (QED) is 0.758. The summed E-state index contributed by atoms with van der Waals surface area (Å²) in [6, 6.07) is 7.75. The molecule has 0 fully saturated rings. The summed E-state index contributed by atoms with van der Waals surface area (Å²) in [5.41, 5.74) is 7.27. The van der Waals surface area contributed by atoms with E-state index in [4.69, 9.17) is 5.73 Å². The second-order valence-corrected chi connectivity index (χ2v) is 4.74. The van der Waals surface area contributed by atoms with Gasteiger partial charge in [0, 0.05) is 24.8 Å². The second kappa shape index (κ2) is 5.84. The van der Waals surface area contributed by atoms with Crippen LogP contribution < -0.4 is 16.0 Å². The van der Waals surface area contributed by atoms with E-state index in [1.54, 1.807) is 4.90 Å². The summed E-state index contributed by atoms with van der Waals surface area (Å²) in [7, 11) is 0. The van der Waals surface area contributed by atoms with Gasteiger partial charge in [-0.25, -0.2) is 0 Å². The van der Waals surface area contributed by atoms with E-state index in [9.17, 15) is 9.59 Å². The number of carbonyl (C=O) groups is 2. The number of fused-ring (bicyclic) bond motifs is 1. The fourth-order valence-corrected chi connectivity index (χ4v) is 2.37. The van der Waals surface area contributed by atoms with Crippen LogP contribution in [0.4, 0.5) is 5.69 Å². The largest absolute Gasteiger partial charge is 0.347 e. The average molecular weight is 261 g/mol. The molecule has 1 aliphatic rings. The zero-order chi connectivity index (χ0) is 13.8. The van der Waals surface area contributed by atoms with Gasteiger partial charge in [0.2, 0.25) is 0 Å². The van der Waals surface area contributed by atoms with E-state index >= 15 is 0 Å². The zero-order valence-corrected chi connectivity index (χ0v) is 11.1. The minimum Gasteiger partial charge on any atom is -0.347 e. The fraction of sp³-hybridized carbons (Fsp3) is 0.429. The van der Waals surface area contributed by atoms with E-state index in [-0.39, 0.29) is 6.04 Å². The maximum Gasteiger partial charge on any atom is 0.316 e. The number of nitrogens with one attached hydrogen (secondary N) is 1. The number of rotatable bonds is 2. The highest BCUT2D eigenvalue weighted by atomic mass is 16.2. The summed E-state index contributed by atoms with van der Waals surface area (Å²) in [5, 5.41) is 2.53. The lowest BCUT2D eigenvalue weighted by molar-refractivity contribution is -0.137. The molecule has 0 saturated heterocycles. The van der Waals surface area contributed by atoms with Crippen molar-refractivity contribution in [3.63, 3.8) is 0 Å². The Balaban J connectivity index is 2.23. The van der Waals surface area contributed by atoms with Gasteiger partial charge >= 0.3 is 11.8 Å². The predicted molar refractivity (Wildman–Crippen MR) is 73.8 cm³/mol. The molecular weight excluding hydrogens is 242 g/mol. The molecule has 0 aliphatic carbocycles. The number of amides is 2. The number of benzene rings is 1. The van der Waals surface area contributed by atoms with Gasteiger partial charge in [0.05, 0.1) is 0 Å². The van der Waals surface area contributed by atoms with Gasteiger partial charge in [-0.1, -0.05) is 18.2 Å². The molecule has 5 heteroatoms. The summed E-state index contributed by atoms with van der Waals surface area (Å²) in [6.07, 6.45) is 1.80. The van der Waals surface area contributed by atoms with Crippen LogP contribution in [-0.2, 0) is 16.0 Å². The lowest BCUT2D eigenvalue weighted by Gasteiger charge is -2.34. The highest BCUT2D eigenvalue weighted by Crippen LogP contribution is 2.30. The van der Waals surface area contributed by atoms with Crippen molar-refractivity contribution in [2.45, 2.75) is 25.8 Å². The maximum atomic E-state index is 12.3. The first-order chi connectivity index (χ1) is 9.15. The van der Waals surface area contributed by atoms with Gasteiger partial charge in [-0.3, -0.25) is 9.59 Å². The molecule has 5 nitrogen and oxygen atoms in total. The Bertz CT molecular complexity index is 487. The third kappa shape index (κ3) is 2.76. The van der Waals surface area contributed by atoms with Gasteiger partial charge < -0.3 is 16.0 Å². The molecular formula is C14H19N3O2. The van der Waals surface area contributed by atoms with E-state index in [0.29, 0.717) is 13.1 Å². The van der Waals surface area contributed by atoms with E-state index in [1.165, 1.54) is 0 Å². The molecule has 0 spiro atoms. The first-order valence-electron chi connectivity index (χ1n) is 6.54. The SMILES string of the molecule is CC1CCc2ccccc2N1C(=O)C(=O)NCCN. The van der Waals surface area contributed by atoms with Gasteiger partial charge in [0.15, 0.2) is 0 Å². The third-order valence-electron chi connectivity index (χ3n) is 3.37. The van der Waals surface area contributed by atoms with Crippen LogP contribution in [-0.4, -0.2) is 30.9 Å². The topological polar surface area (TPSA) is 75.4 Å². The first-order valence-corrected chi connectivity index (χ1v) is 6.54. The summed E-state index contributed by atoms with van der Waals surface area (Å²) in [6.45, 7) is 2.60. The smallest absolute Gasteiger partial charge is 0.316 e. The molecule has 2 rings (SSSR count). The lowest BCUT2D eigenvalue weighted by atomic mass is 9.96. The number of aryl methyl sites for hydroxylation is 1. The van der Waals surface area contributed by atoms with Crippen LogP contribution >= 0.6 is 0 Å². The molecule has 0 saturated carbocycles. The number of anilines is 1. The molecule has 1 aromatic rings. The van der Waals surface area contributed by atoms with Crippen LogP contribution in [0.3, 0.4) is 0 Å². The predicted octanol–water partition coefficient (Wildman–Crippen LogP) is 0.429. The van der Waals surface area contributed by atoms with Crippen molar-refractivity contribution in [2.75, 3.05) is 18.0 Å². The Morgan fingerprint density at radius 1 is 1.42 bits per heavy atom. The highest BCUT2D eigenvalue weighted by molar-refractivity contribution is 6.40. The molecule has 19 heavy (non-hydrogen) atoms. The van der Waals surface area contributed by atoms with Crippen molar-refractivity contribution in [3.05, 3.63) is 29.8 Å². The molecule has 1 atom stereocenters. The molecule has 1 unspecified atom stereocenters. The van der Waals surface area contributed by atoms with Gasteiger partial charge in [-0.2, -0.15) is 0 Å². The van der Waals surface area contributed by atoms with Crippen molar-refractivity contribution in [1.29, 1.82) is 0 Å². The van der Waals surface area contributed by atoms with Crippen molar-refractivity contribution in [1.82, 2.24) is 5.32 Å². The van der Waals surface area contributed by atoms with Gasteiger partial charge in [0.25, 0.3) is 0 Å². The van der Waals surface area contributed by atoms with Crippen molar-refractivity contribution in [3.8, 4) is 0 Å². The van der Waals surface area contributed by atoms with Gasteiger partial charge in [-0.15, -0.1) is 0 Å². The molecule has 0 radical (unpaired) electrons. The standard InChI is InChI=1S/C14H19N3O2/c1-10-6-7-11-4-2-3-5-12(11)17(10)14(19)13(18)16-9-8-15/h2-5,10H,6-9,15H2,1H3,(H,16,18). The van der Waals surface area contributed by atoms with Crippen LogP contribution in [0, 0.1) is 0 Å². The number of nitrogens with zero attached hydrogens (tertiary/aromatic N) is 1. The van der Waals surface area contributed by atoms with Crippen LogP contribution in [0.5, 0.6) is 0 Å². The third-order valence-corrected chi connectivity index (χ3v) is 3.37. The second-order valence-electron chi connectivity index (χ2n) is 4.74. The summed E-state index contributed by atoms with van der Waals surface area (Å²) >= 11 is 0. The number of hydrogen-bond acceptors (Lipinski definition) is 3. The Kier molecular flexibility index (Phi) is 4.16. The van der Waals surface area contributed by atoms with E-state index in [1.807, 2.05) is 31.2 Å². The van der Waals surface area contributed by atoms with E-state index in [0.717, 1.165) is 24.1 Å². The number of carbonyl (C=O) groups excluding carboxylic acids is 2. The molecule has 0 aromatic heterocycles. The van der Waals surface area contributed by atoms with Gasteiger partial charge in [-0.05, 0) is 31.4 Å². The van der Waals surface area contributed by atoms with E-state index in [2.05, 4.69) is 5.32 Å². The normalized spacial score (nSPS) is 17.8. The molecule has 1 aliphatic heterocycles. The first kappa shape index (κ1) is 13.5. The Morgan fingerprint density at radius 2 is 2.16 bits per heavy atom. The average Bonchev–Trinajstić information content (AvgIpc) is 2.44. The molecule has 0 bridgehead atoms. The number of nitrogens with two attached hydrogens (primary N) is 1. The monoisotopic (exact) mass is 261 g/mol. The van der Waals surface area contributed by atoms with E-state index < -0.39 is 11.8 Å². The maximum absolute atomic E-state index is 12.3. The molecule has 2 amide bonds. The molecule has 3 N–H and O–H groups in total. The Hall–Kier alpha value is -1.88. The zero-order valence-electron chi connectivity index (χ0n) is 11.1. The molecule has 1 heterocycles. The number of hydrogen-bond donors (Lipinski definition) is 2. The minimum absolute atomic E-state index is 0.0334. The Labute approximate surface area is 112 Å². The number of para-hydroxylation sites is 1. The lowest BCUT2D eigenvalue weighted by Crippen LogP contribution is -2.49. The highest BCUT2D eigenvalue weighted by Gasteiger charge is 2.31. The van der Waals surface area contributed by atoms with Crippen molar-refractivity contribution < 1.29 is 9.59 Å². The van der Waals surface area contributed by atoms with Crippen LogP contribution in [0.25, 0.3) is 0 Å². The van der Waals surface area contributed by atoms with Crippen molar-refractivity contribution >= 4 is 17.5 Å². The van der Waals surface area contributed by atoms with Crippen LogP contribution in [0.1, 0.15) is 18.9 Å². The summed E-state index contributed by atoms with van der Waals surface area (Å²) in [4.78, 5) is 25.6. The Morgan fingerprint density at radius 3 is 2.89 bits per heavy atom. The molecule has 102 valence electrons. The molecule has 1 aromatic carbocycles. The fourth-order valence-electron chi connectivity index (χ4n) is 2.37. The summed E-state index contributed by atoms with van der Waals surface area (Å²) < 4.78 is 0.